The van der Waals surface area contributed by atoms with Crippen molar-refractivity contribution >= 4 is 0 Å². The van der Waals surface area contributed by atoms with Gasteiger partial charge in [-0.15, -0.1) is 0 Å². The Balaban J connectivity index is 1.98. The average Bonchev–Trinajstić information content (AvgIpc) is 2.78. The number of rotatable bonds is 5. The summed E-state index contributed by atoms with van der Waals surface area (Å²) in [6, 6.07) is 0. The third-order valence-electron chi connectivity index (χ3n) is 2.94. The summed E-state index contributed by atoms with van der Waals surface area (Å²) in [5, 5.41) is 9.99. The van der Waals surface area contributed by atoms with Crippen molar-refractivity contribution in [2.45, 2.75) is 39.6 Å². The molecule has 0 aliphatic carbocycles. The number of hydrogen-bond acceptors (Lipinski definition) is 4. The zero-order valence-electron chi connectivity index (χ0n) is 10.8. The molecule has 18 heavy (non-hydrogen) atoms. The highest BCUT2D eigenvalue weighted by atomic mass is 16.7. The number of allylic oxidation sites excluding steroid dienone is 1. The molecule has 0 saturated heterocycles. The van der Waals surface area contributed by atoms with Gasteiger partial charge in [-0.25, -0.2) is 0 Å². The minimum absolute atomic E-state index is 0.194. The molecule has 98 valence electrons. The fraction of sp³-hybridized carbons (Fsp3) is 0.500. The maximum atomic E-state index is 9.99. The molecule has 2 rings (SSSR count). The number of aromatic nitrogens is 1. The van der Waals surface area contributed by atoms with Crippen LogP contribution in [0.1, 0.15) is 42.9 Å². The molecule has 2 heterocycles. The van der Waals surface area contributed by atoms with Crippen LogP contribution in [0.3, 0.4) is 0 Å². The van der Waals surface area contributed by atoms with Crippen LogP contribution in [0.4, 0.5) is 0 Å². The first-order chi connectivity index (χ1) is 8.74. The van der Waals surface area contributed by atoms with Crippen LogP contribution in [-0.4, -0.2) is 16.7 Å². The van der Waals surface area contributed by atoms with Gasteiger partial charge in [0.2, 0.25) is 0 Å². The predicted molar refractivity (Wildman–Crippen MR) is 68.2 cm³/mol. The summed E-state index contributed by atoms with van der Waals surface area (Å²) in [4.78, 5) is 4.11. The van der Waals surface area contributed by atoms with E-state index in [4.69, 9.17) is 9.47 Å². The second-order valence-corrected chi connectivity index (χ2v) is 4.31. The van der Waals surface area contributed by atoms with Crippen LogP contribution in [0.25, 0.3) is 0 Å². The summed E-state index contributed by atoms with van der Waals surface area (Å²) in [5.41, 5.74) is 2.26. The van der Waals surface area contributed by atoms with Gasteiger partial charge < -0.3 is 14.6 Å². The summed E-state index contributed by atoms with van der Waals surface area (Å²) in [5.74, 6) is 0.194. The van der Waals surface area contributed by atoms with Crippen molar-refractivity contribution < 1.29 is 14.6 Å². The summed E-state index contributed by atoms with van der Waals surface area (Å²) >= 11 is 0. The molecule has 1 aliphatic rings. The Morgan fingerprint density at radius 3 is 3.17 bits per heavy atom. The van der Waals surface area contributed by atoms with E-state index in [1.54, 1.807) is 13.1 Å². The average molecular weight is 249 g/mol. The molecule has 0 saturated carbocycles. The molecule has 1 N–H and O–H groups in total. The number of aromatic hydroxyl groups is 1. The zero-order valence-corrected chi connectivity index (χ0v) is 10.8. The van der Waals surface area contributed by atoms with Crippen molar-refractivity contribution in [1.82, 2.24) is 4.98 Å². The smallest absolute Gasteiger partial charge is 0.188 e. The van der Waals surface area contributed by atoms with Gasteiger partial charge in [0.15, 0.2) is 6.29 Å². The minimum Gasteiger partial charge on any atom is -0.506 e. The van der Waals surface area contributed by atoms with E-state index in [1.807, 2.05) is 0 Å². The summed E-state index contributed by atoms with van der Waals surface area (Å²) in [6.07, 6.45) is 7.37. The van der Waals surface area contributed by atoms with Gasteiger partial charge in [-0.05, 0) is 19.8 Å². The molecular formula is C14H19NO3. The van der Waals surface area contributed by atoms with Crippen LogP contribution >= 0.6 is 0 Å². The minimum atomic E-state index is -0.461. The number of aryl methyl sites for hydroxylation is 1. The van der Waals surface area contributed by atoms with Gasteiger partial charge in [0, 0.05) is 11.8 Å². The molecule has 4 nitrogen and oxygen atoms in total. The van der Waals surface area contributed by atoms with Crippen LogP contribution in [-0.2, 0) is 16.1 Å². The summed E-state index contributed by atoms with van der Waals surface area (Å²) in [7, 11) is 0. The third kappa shape index (κ3) is 2.71. The zero-order chi connectivity index (χ0) is 13.0. The van der Waals surface area contributed by atoms with Gasteiger partial charge in [-0.3, -0.25) is 4.98 Å². The lowest BCUT2D eigenvalue weighted by atomic mass is 10.1. The first-order valence-electron chi connectivity index (χ1n) is 6.29. The SMILES string of the molecule is CC/C=C\CCOC1OCc2cnc(C)c(O)c21. The Hall–Kier alpha value is -1.39. The van der Waals surface area contributed by atoms with E-state index >= 15 is 0 Å². The number of nitrogens with zero attached hydrogens (tertiary/aromatic N) is 1. The largest absolute Gasteiger partial charge is 0.506 e. The van der Waals surface area contributed by atoms with Crippen LogP contribution in [0, 0.1) is 6.92 Å². The van der Waals surface area contributed by atoms with Crippen molar-refractivity contribution in [3.05, 3.63) is 35.2 Å². The first-order valence-corrected chi connectivity index (χ1v) is 6.29. The molecule has 0 aromatic carbocycles. The van der Waals surface area contributed by atoms with Crippen molar-refractivity contribution in [2.24, 2.45) is 0 Å². The fourth-order valence-electron chi connectivity index (χ4n) is 1.94. The van der Waals surface area contributed by atoms with Crippen molar-refractivity contribution in [3.8, 4) is 5.75 Å². The van der Waals surface area contributed by atoms with Gasteiger partial charge in [0.25, 0.3) is 0 Å². The lowest BCUT2D eigenvalue weighted by Crippen LogP contribution is -2.04. The molecule has 1 unspecified atom stereocenters. The van der Waals surface area contributed by atoms with Crippen LogP contribution in [0.5, 0.6) is 5.75 Å². The predicted octanol–water partition coefficient (Wildman–Crippen LogP) is 3.00. The van der Waals surface area contributed by atoms with Gasteiger partial charge in [0.05, 0.1) is 24.5 Å². The van der Waals surface area contributed by atoms with E-state index in [-0.39, 0.29) is 5.75 Å². The highest BCUT2D eigenvalue weighted by Crippen LogP contribution is 2.38. The maximum absolute atomic E-state index is 9.99. The molecule has 1 aromatic rings. The molecule has 0 bridgehead atoms. The Morgan fingerprint density at radius 1 is 1.56 bits per heavy atom. The van der Waals surface area contributed by atoms with E-state index in [2.05, 4.69) is 24.1 Å². The lowest BCUT2D eigenvalue weighted by molar-refractivity contribution is -0.137. The van der Waals surface area contributed by atoms with E-state index in [0.717, 1.165) is 24.0 Å². The van der Waals surface area contributed by atoms with E-state index in [0.29, 0.717) is 18.9 Å². The Kier molecular flexibility index (Phi) is 4.33. The summed E-state index contributed by atoms with van der Waals surface area (Å²) in [6.45, 7) is 4.91. The van der Waals surface area contributed by atoms with Gasteiger partial charge >= 0.3 is 0 Å². The van der Waals surface area contributed by atoms with E-state index < -0.39 is 6.29 Å². The highest BCUT2D eigenvalue weighted by Gasteiger charge is 2.28. The molecule has 4 heteroatoms. The Labute approximate surface area is 107 Å². The van der Waals surface area contributed by atoms with Crippen molar-refractivity contribution in [1.29, 1.82) is 0 Å². The monoisotopic (exact) mass is 249 g/mol. The molecule has 0 amide bonds. The van der Waals surface area contributed by atoms with Gasteiger partial charge in [0.1, 0.15) is 5.75 Å². The van der Waals surface area contributed by atoms with Crippen molar-refractivity contribution in [3.63, 3.8) is 0 Å². The van der Waals surface area contributed by atoms with E-state index in [1.165, 1.54) is 0 Å². The molecular weight excluding hydrogens is 230 g/mol. The number of pyridine rings is 1. The van der Waals surface area contributed by atoms with Crippen LogP contribution < -0.4 is 0 Å². The third-order valence-corrected chi connectivity index (χ3v) is 2.94. The fourth-order valence-corrected chi connectivity index (χ4v) is 1.94. The molecule has 1 aliphatic heterocycles. The lowest BCUT2D eigenvalue weighted by Gasteiger charge is -2.13. The highest BCUT2D eigenvalue weighted by molar-refractivity contribution is 5.43. The quantitative estimate of drug-likeness (QED) is 0.643. The standard InChI is InChI=1S/C14H19NO3/c1-3-4-5-6-7-17-14-12-11(9-18-14)8-15-10(2)13(12)16/h4-5,8,14,16H,3,6-7,9H2,1-2H3/b5-4-. The normalized spacial score (nSPS) is 18.4. The van der Waals surface area contributed by atoms with Gasteiger partial charge in [-0.1, -0.05) is 19.1 Å². The number of ether oxygens (including phenoxy) is 2. The first kappa shape index (κ1) is 13.1. The Morgan fingerprint density at radius 2 is 2.39 bits per heavy atom. The number of fused-ring (bicyclic) bond motifs is 1. The molecule has 0 radical (unpaired) electrons. The number of hydrogen-bond donors (Lipinski definition) is 1. The van der Waals surface area contributed by atoms with Crippen LogP contribution in [0.15, 0.2) is 18.3 Å². The maximum Gasteiger partial charge on any atom is 0.188 e. The van der Waals surface area contributed by atoms with Crippen LogP contribution in [0.2, 0.25) is 0 Å². The van der Waals surface area contributed by atoms with Gasteiger partial charge in [-0.2, -0.15) is 0 Å². The molecule has 1 aromatic heterocycles. The topological polar surface area (TPSA) is 51.6 Å². The molecule has 1 atom stereocenters. The van der Waals surface area contributed by atoms with Crippen molar-refractivity contribution in [2.75, 3.05) is 6.61 Å². The van der Waals surface area contributed by atoms with E-state index in [9.17, 15) is 5.11 Å². The second kappa shape index (κ2) is 5.98. The molecule has 0 fully saturated rings. The Bertz CT molecular complexity index is 443. The summed E-state index contributed by atoms with van der Waals surface area (Å²) < 4.78 is 11.2. The second-order valence-electron chi connectivity index (χ2n) is 4.31. The molecule has 0 spiro atoms.